The van der Waals surface area contributed by atoms with Crippen LogP contribution in [0.4, 0.5) is 4.39 Å². The first-order chi connectivity index (χ1) is 9.79. The topological polar surface area (TPSA) is 46.2 Å². The summed E-state index contributed by atoms with van der Waals surface area (Å²) in [6, 6.07) is 9.80. The van der Waals surface area contributed by atoms with Gasteiger partial charge < -0.3 is 0 Å². The molecule has 0 heterocycles. The highest BCUT2D eigenvalue weighted by Gasteiger charge is 2.20. The Morgan fingerprint density at radius 1 is 1.10 bits per heavy atom. The molecule has 0 spiro atoms. The number of benzene rings is 2. The van der Waals surface area contributed by atoms with Crippen LogP contribution in [0.5, 0.6) is 0 Å². The third kappa shape index (κ3) is 3.90. The van der Waals surface area contributed by atoms with Crippen LogP contribution >= 0.6 is 15.9 Å². The Morgan fingerprint density at radius 2 is 1.62 bits per heavy atom. The minimum Gasteiger partial charge on any atom is -0.207 e. The van der Waals surface area contributed by atoms with Crippen molar-refractivity contribution >= 4 is 26.0 Å². The van der Waals surface area contributed by atoms with Crippen molar-refractivity contribution in [1.82, 2.24) is 4.72 Å². The monoisotopic (exact) mass is 371 g/mol. The van der Waals surface area contributed by atoms with Gasteiger partial charge in [-0.15, -0.1) is 0 Å². The fourth-order valence-electron chi connectivity index (χ4n) is 2.17. The molecule has 0 atom stereocenters. The lowest BCUT2D eigenvalue weighted by Gasteiger charge is -2.12. The number of aryl methyl sites for hydroxylation is 2. The normalized spacial score (nSPS) is 11.6. The molecule has 0 aliphatic carbocycles. The third-order valence-electron chi connectivity index (χ3n) is 3.07. The van der Waals surface area contributed by atoms with E-state index in [4.69, 9.17) is 0 Å². The quantitative estimate of drug-likeness (QED) is 0.890. The second kappa shape index (κ2) is 6.25. The molecule has 2 aromatic rings. The van der Waals surface area contributed by atoms with Crippen LogP contribution in [0, 0.1) is 19.7 Å². The van der Waals surface area contributed by atoms with Crippen LogP contribution in [-0.4, -0.2) is 8.42 Å². The Bertz CT molecular complexity index is 735. The summed E-state index contributed by atoms with van der Waals surface area (Å²) in [6.07, 6.45) is 0. The van der Waals surface area contributed by atoms with Gasteiger partial charge in [-0.3, -0.25) is 0 Å². The predicted octanol–water partition coefficient (Wildman–Crippen LogP) is 3.68. The van der Waals surface area contributed by atoms with Crippen molar-refractivity contribution in [1.29, 1.82) is 0 Å². The van der Waals surface area contributed by atoms with Crippen LogP contribution in [0.2, 0.25) is 0 Å². The summed E-state index contributed by atoms with van der Waals surface area (Å²) >= 11 is 3.32. The van der Waals surface area contributed by atoms with Crippen LogP contribution < -0.4 is 4.72 Å². The highest BCUT2D eigenvalue weighted by atomic mass is 79.9. The lowest BCUT2D eigenvalue weighted by molar-refractivity contribution is 0.578. The zero-order chi connectivity index (χ0) is 15.6. The van der Waals surface area contributed by atoms with E-state index in [1.807, 2.05) is 24.3 Å². The summed E-state index contributed by atoms with van der Waals surface area (Å²) < 4.78 is 41.5. The largest absolute Gasteiger partial charge is 0.241 e. The van der Waals surface area contributed by atoms with Gasteiger partial charge in [0, 0.05) is 11.0 Å². The molecule has 112 valence electrons. The fourth-order valence-corrected chi connectivity index (χ4v) is 3.91. The van der Waals surface area contributed by atoms with Gasteiger partial charge in [-0.25, -0.2) is 17.5 Å². The van der Waals surface area contributed by atoms with Gasteiger partial charge in [0.1, 0.15) is 5.82 Å². The van der Waals surface area contributed by atoms with Gasteiger partial charge in [0.25, 0.3) is 0 Å². The SMILES string of the molecule is Cc1cc(F)cc(C)c1S(=O)(=O)NCc1ccc(Br)cc1. The first-order valence-corrected chi connectivity index (χ1v) is 8.58. The number of nitrogens with one attached hydrogen (secondary N) is 1. The second-order valence-corrected chi connectivity index (χ2v) is 7.44. The molecule has 0 bridgehead atoms. The molecule has 0 radical (unpaired) electrons. The molecule has 0 aliphatic rings. The Hall–Kier alpha value is -1.24. The number of rotatable bonds is 4. The summed E-state index contributed by atoms with van der Waals surface area (Å²) in [5.41, 5.74) is 1.64. The molecule has 2 rings (SSSR count). The van der Waals surface area contributed by atoms with E-state index in [2.05, 4.69) is 20.7 Å². The van der Waals surface area contributed by atoms with E-state index in [-0.39, 0.29) is 11.4 Å². The second-order valence-electron chi connectivity index (χ2n) is 4.82. The van der Waals surface area contributed by atoms with Crippen LogP contribution in [-0.2, 0) is 16.6 Å². The number of sulfonamides is 1. The standard InChI is InChI=1S/C15H15BrFNO2S/c1-10-7-14(17)8-11(2)15(10)21(19,20)18-9-12-3-5-13(16)6-4-12/h3-8,18H,9H2,1-2H3. The number of hydrogen-bond donors (Lipinski definition) is 1. The fraction of sp³-hybridized carbons (Fsp3) is 0.200. The van der Waals surface area contributed by atoms with E-state index < -0.39 is 15.8 Å². The maximum atomic E-state index is 13.3. The van der Waals surface area contributed by atoms with Crippen molar-refractivity contribution in [3.8, 4) is 0 Å². The minimum atomic E-state index is -3.68. The maximum absolute atomic E-state index is 13.3. The molecule has 0 fully saturated rings. The van der Waals surface area contributed by atoms with Crippen LogP contribution in [0.15, 0.2) is 45.8 Å². The van der Waals surface area contributed by atoms with Crippen molar-refractivity contribution in [2.45, 2.75) is 25.3 Å². The lowest BCUT2D eigenvalue weighted by atomic mass is 10.1. The van der Waals surface area contributed by atoms with Gasteiger partial charge in [0.15, 0.2) is 0 Å². The van der Waals surface area contributed by atoms with Gasteiger partial charge >= 0.3 is 0 Å². The van der Waals surface area contributed by atoms with E-state index in [0.717, 1.165) is 10.0 Å². The molecule has 1 N–H and O–H groups in total. The summed E-state index contributed by atoms with van der Waals surface area (Å²) in [5.74, 6) is -0.433. The van der Waals surface area contributed by atoms with Gasteiger partial charge in [0.2, 0.25) is 10.0 Å². The summed E-state index contributed by atoms with van der Waals surface area (Å²) in [6.45, 7) is 3.36. The smallest absolute Gasteiger partial charge is 0.207 e. The summed E-state index contributed by atoms with van der Waals surface area (Å²) in [4.78, 5) is 0.140. The van der Waals surface area contributed by atoms with E-state index in [1.165, 1.54) is 12.1 Å². The first kappa shape index (κ1) is 16.1. The zero-order valence-electron chi connectivity index (χ0n) is 11.7. The van der Waals surface area contributed by atoms with Gasteiger partial charge in [-0.1, -0.05) is 28.1 Å². The molecule has 0 aromatic heterocycles. The molecule has 0 saturated carbocycles. The van der Waals surface area contributed by atoms with E-state index >= 15 is 0 Å². The average Bonchev–Trinajstić information content (AvgIpc) is 2.36. The minimum absolute atomic E-state index is 0.140. The van der Waals surface area contributed by atoms with Gasteiger partial charge in [-0.2, -0.15) is 0 Å². The lowest BCUT2D eigenvalue weighted by Crippen LogP contribution is -2.25. The molecule has 0 amide bonds. The van der Waals surface area contributed by atoms with E-state index in [9.17, 15) is 12.8 Å². The van der Waals surface area contributed by atoms with Crippen LogP contribution in [0.25, 0.3) is 0 Å². The molecule has 0 saturated heterocycles. The molecule has 21 heavy (non-hydrogen) atoms. The zero-order valence-corrected chi connectivity index (χ0v) is 14.1. The van der Waals surface area contributed by atoms with E-state index in [0.29, 0.717) is 11.1 Å². The van der Waals surface area contributed by atoms with Gasteiger partial charge in [0.05, 0.1) is 4.90 Å². The Balaban J connectivity index is 2.25. The van der Waals surface area contributed by atoms with Crippen molar-refractivity contribution in [3.63, 3.8) is 0 Å². The van der Waals surface area contributed by atoms with E-state index in [1.54, 1.807) is 13.8 Å². The van der Waals surface area contributed by atoms with Crippen LogP contribution in [0.3, 0.4) is 0 Å². The Kier molecular flexibility index (Phi) is 4.81. The number of hydrogen-bond acceptors (Lipinski definition) is 2. The predicted molar refractivity (Wildman–Crippen MR) is 84.0 cm³/mol. The molecular formula is C15H15BrFNO2S. The molecule has 6 heteroatoms. The Morgan fingerprint density at radius 3 is 2.14 bits per heavy atom. The molecular weight excluding hydrogens is 357 g/mol. The highest BCUT2D eigenvalue weighted by Crippen LogP contribution is 2.21. The van der Waals surface area contributed by atoms with Crippen molar-refractivity contribution in [2.24, 2.45) is 0 Å². The highest BCUT2D eigenvalue weighted by molar-refractivity contribution is 9.10. The molecule has 3 nitrogen and oxygen atoms in total. The Labute approximate surface area is 132 Å². The molecule has 2 aromatic carbocycles. The summed E-state index contributed by atoms with van der Waals surface area (Å²) in [5, 5.41) is 0. The maximum Gasteiger partial charge on any atom is 0.241 e. The summed E-state index contributed by atoms with van der Waals surface area (Å²) in [7, 11) is -3.68. The van der Waals surface area contributed by atoms with Crippen molar-refractivity contribution in [2.75, 3.05) is 0 Å². The number of halogens is 2. The first-order valence-electron chi connectivity index (χ1n) is 6.30. The molecule has 0 aliphatic heterocycles. The van der Waals surface area contributed by atoms with Gasteiger partial charge in [-0.05, 0) is 54.8 Å². The third-order valence-corrected chi connectivity index (χ3v) is 5.31. The van der Waals surface area contributed by atoms with Crippen molar-refractivity contribution in [3.05, 3.63) is 63.4 Å². The molecule has 0 unspecified atom stereocenters. The van der Waals surface area contributed by atoms with Crippen molar-refractivity contribution < 1.29 is 12.8 Å². The van der Waals surface area contributed by atoms with Crippen LogP contribution in [0.1, 0.15) is 16.7 Å². The average molecular weight is 372 g/mol.